The minimum atomic E-state index is -3.03. The van der Waals surface area contributed by atoms with Crippen molar-refractivity contribution < 1.29 is 14.5 Å². The Morgan fingerprint density at radius 3 is 1.88 bits per heavy atom. The number of aliphatic hydroxyl groups excluding tert-OH is 1. The van der Waals surface area contributed by atoms with Gasteiger partial charge in [-0.1, -0.05) is 67.1 Å². The summed E-state index contributed by atoms with van der Waals surface area (Å²) in [6.45, 7) is 1.94. The standard InChI is InChI=1S/C20H25O3P/c1-17(20(22)15-9-4-10-16-21)24(23,18-11-5-2-6-12-18)19-13-7-3-8-14-19/h2-3,5-8,11-14,17,21H,4,9-10,15-16H2,1H3. The summed E-state index contributed by atoms with van der Waals surface area (Å²) < 4.78 is 14.0. The summed E-state index contributed by atoms with van der Waals surface area (Å²) >= 11 is 0. The maximum Gasteiger partial charge on any atom is 0.153 e. The van der Waals surface area contributed by atoms with Crippen LogP contribution in [-0.2, 0) is 9.36 Å². The number of Topliss-reactive ketones (excluding diaryl/α,β-unsaturated/α-hetero) is 1. The molecule has 1 unspecified atom stereocenters. The molecule has 1 atom stereocenters. The number of ketones is 1. The molecule has 0 spiro atoms. The second kappa shape index (κ2) is 8.96. The summed E-state index contributed by atoms with van der Waals surface area (Å²) in [6.07, 6.45) is 2.66. The normalized spacial score (nSPS) is 12.8. The van der Waals surface area contributed by atoms with Crippen LogP contribution >= 0.6 is 7.14 Å². The summed E-state index contributed by atoms with van der Waals surface area (Å²) in [5, 5.41) is 10.3. The average molecular weight is 344 g/mol. The smallest absolute Gasteiger partial charge is 0.153 e. The fourth-order valence-electron chi connectivity index (χ4n) is 2.89. The molecule has 128 valence electrons. The average Bonchev–Trinajstić information content (AvgIpc) is 2.65. The fraction of sp³-hybridized carbons (Fsp3) is 0.350. The molecule has 0 radical (unpaired) electrons. The van der Waals surface area contributed by atoms with Crippen LogP contribution in [0.2, 0.25) is 0 Å². The molecule has 0 saturated heterocycles. The van der Waals surface area contributed by atoms with Gasteiger partial charge >= 0.3 is 0 Å². The first-order chi connectivity index (χ1) is 11.6. The molecule has 4 heteroatoms. The zero-order valence-electron chi connectivity index (χ0n) is 14.1. The van der Waals surface area contributed by atoms with Gasteiger partial charge < -0.3 is 9.67 Å². The molecule has 2 rings (SSSR count). The number of hydrogen-bond acceptors (Lipinski definition) is 3. The van der Waals surface area contributed by atoms with Gasteiger partial charge in [-0.05, 0) is 19.8 Å². The van der Waals surface area contributed by atoms with Gasteiger partial charge in [0, 0.05) is 23.6 Å². The van der Waals surface area contributed by atoms with Gasteiger partial charge in [-0.25, -0.2) is 0 Å². The van der Waals surface area contributed by atoms with Crippen molar-refractivity contribution in [1.82, 2.24) is 0 Å². The van der Waals surface area contributed by atoms with E-state index in [0.29, 0.717) is 12.8 Å². The van der Waals surface area contributed by atoms with E-state index in [0.717, 1.165) is 23.5 Å². The van der Waals surface area contributed by atoms with Crippen molar-refractivity contribution in [1.29, 1.82) is 0 Å². The van der Waals surface area contributed by atoms with E-state index in [1.165, 1.54) is 0 Å². The van der Waals surface area contributed by atoms with E-state index in [1.807, 2.05) is 60.7 Å². The molecule has 0 aliphatic rings. The largest absolute Gasteiger partial charge is 0.396 e. The Bertz CT molecular complexity index is 639. The monoisotopic (exact) mass is 344 g/mol. The van der Waals surface area contributed by atoms with Gasteiger partial charge in [0.2, 0.25) is 0 Å². The van der Waals surface area contributed by atoms with Crippen LogP contribution in [0, 0.1) is 0 Å². The maximum absolute atomic E-state index is 14.0. The topological polar surface area (TPSA) is 54.4 Å². The SMILES string of the molecule is CC(C(=O)CCCCCO)P(=O)(c1ccccc1)c1ccccc1. The van der Waals surface area contributed by atoms with Gasteiger partial charge in [-0.2, -0.15) is 0 Å². The zero-order valence-corrected chi connectivity index (χ0v) is 15.0. The molecule has 0 saturated carbocycles. The number of rotatable bonds is 9. The lowest BCUT2D eigenvalue weighted by Crippen LogP contribution is -2.29. The quantitative estimate of drug-likeness (QED) is 0.559. The zero-order chi connectivity index (χ0) is 17.4. The Labute approximate surface area is 144 Å². The molecule has 2 aromatic carbocycles. The minimum absolute atomic E-state index is 0.0315. The van der Waals surface area contributed by atoms with Crippen LogP contribution in [0.4, 0.5) is 0 Å². The highest BCUT2D eigenvalue weighted by Gasteiger charge is 2.37. The molecule has 24 heavy (non-hydrogen) atoms. The number of hydrogen-bond donors (Lipinski definition) is 1. The van der Waals surface area contributed by atoms with Crippen LogP contribution in [0.5, 0.6) is 0 Å². The lowest BCUT2D eigenvalue weighted by atomic mass is 10.1. The van der Waals surface area contributed by atoms with E-state index in [1.54, 1.807) is 6.92 Å². The molecule has 0 amide bonds. The van der Waals surface area contributed by atoms with E-state index in [9.17, 15) is 9.36 Å². The molecule has 1 N–H and O–H groups in total. The predicted molar refractivity (Wildman–Crippen MR) is 99.8 cm³/mol. The molecule has 0 bridgehead atoms. The van der Waals surface area contributed by atoms with Crippen molar-refractivity contribution in [3.8, 4) is 0 Å². The highest BCUT2D eigenvalue weighted by Crippen LogP contribution is 2.49. The third kappa shape index (κ3) is 4.23. The van der Waals surface area contributed by atoms with Gasteiger partial charge in [0.15, 0.2) is 7.14 Å². The maximum atomic E-state index is 14.0. The Hall–Kier alpha value is -1.70. The Morgan fingerprint density at radius 2 is 1.42 bits per heavy atom. The number of carbonyl (C=O) groups is 1. The number of carbonyl (C=O) groups excluding carboxylic acids is 1. The highest BCUT2D eigenvalue weighted by molar-refractivity contribution is 7.80. The first-order valence-corrected chi connectivity index (χ1v) is 10.2. The van der Waals surface area contributed by atoms with Crippen molar-refractivity contribution in [2.75, 3.05) is 6.61 Å². The lowest BCUT2D eigenvalue weighted by Gasteiger charge is -2.25. The van der Waals surface area contributed by atoms with Crippen molar-refractivity contribution in [3.63, 3.8) is 0 Å². The molecule has 0 heterocycles. The Kier molecular flexibility index (Phi) is 6.96. The Balaban J connectivity index is 2.30. The molecular formula is C20H25O3P. The Morgan fingerprint density at radius 1 is 0.917 bits per heavy atom. The fourth-order valence-corrected chi connectivity index (χ4v) is 5.85. The third-order valence-electron chi connectivity index (χ3n) is 4.37. The second-order valence-electron chi connectivity index (χ2n) is 6.01. The van der Waals surface area contributed by atoms with Gasteiger partial charge in [-0.3, -0.25) is 4.79 Å². The number of aliphatic hydroxyl groups is 1. The molecule has 2 aromatic rings. The summed E-state index contributed by atoms with van der Waals surface area (Å²) in [4.78, 5) is 12.7. The molecule has 0 aliphatic heterocycles. The summed E-state index contributed by atoms with van der Waals surface area (Å²) in [5.74, 6) is 0.0315. The molecule has 0 aliphatic carbocycles. The van der Waals surface area contributed by atoms with Gasteiger partial charge in [0.25, 0.3) is 0 Å². The molecular weight excluding hydrogens is 319 g/mol. The van der Waals surface area contributed by atoms with Crippen LogP contribution in [0.1, 0.15) is 32.6 Å². The second-order valence-corrected chi connectivity index (χ2v) is 9.13. The minimum Gasteiger partial charge on any atom is -0.396 e. The van der Waals surface area contributed by atoms with Crippen LogP contribution in [0.15, 0.2) is 60.7 Å². The van der Waals surface area contributed by atoms with E-state index in [4.69, 9.17) is 5.11 Å². The van der Waals surface area contributed by atoms with Crippen LogP contribution < -0.4 is 10.6 Å². The summed E-state index contributed by atoms with van der Waals surface area (Å²) in [7, 11) is -3.03. The van der Waals surface area contributed by atoms with Crippen molar-refractivity contribution in [2.24, 2.45) is 0 Å². The van der Waals surface area contributed by atoms with Gasteiger partial charge in [-0.15, -0.1) is 0 Å². The summed E-state index contributed by atoms with van der Waals surface area (Å²) in [6, 6.07) is 18.6. The van der Waals surface area contributed by atoms with Crippen molar-refractivity contribution in [3.05, 3.63) is 60.7 Å². The molecule has 0 aromatic heterocycles. The van der Waals surface area contributed by atoms with E-state index < -0.39 is 12.8 Å². The highest BCUT2D eigenvalue weighted by atomic mass is 31.2. The molecule has 0 fully saturated rings. The van der Waals surface area contributed by atoms with Gasteiger partial charge in [0.1, 0.15) is 5.78 Å². The molecule has 3 nitrogen and oxygen atoms in total. The number of unbranched alkanes of at least 4 members (excludes halogenated alkanes) is 2. The van der Waals surface area contributed by atoms with E-state index in [-0.39, 0.29) is 12.4 Å². The van der Waals surface area contributed by atoms with Crippen LogP contribution in [-0.4, -0.2) is 23.2 Å². The van der Waals surface area contributed by atoms with Crippen LogP contribution in [0.25, 0.3) is 0 Å². The third-order valence-corrected chi connectivity index (χ3v) is 7.88. The van der Waals surface area contributed by atoms with Gasteiger partial charge in [0.05, 0.1) is 5.66 Å². The first kappa shape index (κ1) is 18.6. The van der Waals surface area contributed by atoms with Crippen molar-refractivity contribution in [2.45, 2.75) is 38.3 Å². The lowest BCUT2D eigenvalue weighted by molar-refractivity contribution is -0.118. The first-order valence-electron chi connectivity index (χ1n) is 8.45. The van der Waals surface area contributed by atoms with Crippen LogP contribution in [0.3, 0.4) is 0 Å². The van der Waals surface area contributed by atoms with E-state index >= 15 is 0 Å². The van der Waals surface area contributed by atoms with E-state index in [2.05, 4.69) is 0 Å². The predicted octanol–water partition coefficient (Wildman–Crippen LogP) is 3.51. The summed E-state index contributed by atoms with van der Waals surface area (Å²) in [5.41, 5.74) is -0.545. The van der Waals surface area contributed by atoms with Crippen molar-refractivity contribution >= 4 is 23.5 Å². The number of benzene rings is 2.